The summed E-state index contributed by atoms with van der Waals surface area (Å²) in [6.45, 7) is 3.92. The van der Waals surface area contributed by atoms with Crippen LogP contribution < -0.4 is 15.4 Å². The number of benzene rings is 2. The average molecular weight is 703 g/mol. The Kier molecular flexibility index (Phi) is 9.47. The summed E-state index contributed by atoms with van der Waals surface area (Å²) in [5.74, 6) is -0.376. The Bertz CT molecular complexity index is 1780. The number of carbonyl (C=O) groups is 1. The summed E-state index contributed by atoms with van der Waals surface area (Å²) in [7, 11) is -2.81. The molecule has 0 radical (unpaired) electrons. The molecule has 2 aliphatic carbocycles. The molecule has 1 aromatic heterocycles. The van der Waals surface area contributed by atoms with Crippen LogP contribution >= 0.6 is 0 Å². The number of ether oxygens (including phenoxy) is 4. The first-order valence-corrected chi connectivity index (χ1v) is 18.3. The maximum absolute atomic E-state index is 14.3. The van der Waals surface area contributed by atoms with E-state index in [1.807, 2.05) is 13.8 Å². The number of aliphatic hydroxyl groups is 1. The van der Waals surface area contributed by atoms with Gasteiger partial charge in [-0.1, -0.05) is 19.9 Å². The van der Waals surface area contributed by atoms with Gasteiger partial charge in [-0.05, 0) is 67.9 Å². The Balaban J connectivity index is 1.12. The third-order valence-electron chi connectivity index (χ3n) is 9.68. The molecule has 4 aliphatic rings. The number of halogens is 1. The Hall–Kier alpha value is -3.50. The van der Waals surface area contributed by atoms with E-state index in [4.69, 9.17) is 23.4 Å². The maximum Gasteiger partial charge on any atom is 0.407 e. The fourth-order valence-corrected chi connectivity index (χ4v) is 8.73. The first-order valence-electron chi connectivity index (χ1n) is 16.9. The molecular weight excluding hydrogens is 659 g/mol. The van der Waals surface area contributed by atoms with Gasteiger partial charge < -0.3 is 39.1 Å². The van der Waals surface area contributed by atoms with E-state index in [1.54, 1.807) is 6.07 Å². The van der Waals surface area contributed by atoms with Crippen molar-refractivity contribution < 1.29 is 46.1 Å². The molecule has 0 spiro atoms. The van der Waals surface area contributed by atoms with Crippen molar-refractivity contribution in [3.63, 3.8) is 0 Å². The van der Waals surface area contributed by atoms with E-state index in [2.05, 4.69) is 15.6 Å². The summed E-state index contributed by atoms with van der Waals surface area (Å²) in [6.07, 6.45) is 0.422. The average Bonchev–Trinajstić information content (AvgIpc) is 3.70. The monoisotopic (exact) mass is 702 g/mol. The number of alkyl carbamates (subject to hydrolysis) is 1. The highest BCUT2D eigenvalue weighted by Gasteiger charge is 2.53. The summed E-state index contributed by atoms with van der Waals surface area (Å²) in [5, 5.41) is 17.7. The lowest BCUT2D eigenvalue weighted by Gasteiger charge is -2.37. The largest absolute Gasteiger partial charge is 0.494 e. The van der Waals surface area contributed by atoms with Crippen LogP contribution in [-0.2, 0) is 30.7 Å². The number of aliphatic hydroxyl groups excluding tert-OH is 1. The number of methoxy groups -OCH3 is 1. The molecule has 15 heteroatoms. The molecule has 13 nitrogen and oxygen atoms in total. The van der Waals surface area contributed by atoms with Gasteiger partial charge in [-0.25, -0.2) is 17.6 Å². The lowest BCUT2D eigenvalue weighted by Crippen LogP contribution is -2.53. The van der Waals surface area contributed by atoms with Crippen LogP contribution in [0.15, 0.2) is 45.7 Å². The first kappa shape index (κ1) is 34.0. The van der Waals surface area contributed by atoms with E-state index in [0.717, 1.165) is 25.7 Å². The van der Waals surface area contributed by atoms with E-state index in [1.165, 1.54) is 41.7 Å². The number of carbonyl (C=O) groups excluding carboxylic acids is 1. The first-order chi connectivity index (χ1) is 23.5. The van der Waals surface area contributed by atoms with Crippen LogP contribution in [0.4, 0.5) is 15.2 Å². The molecule has 7 atom stereocenters. The minimum atomic E-state index is -4.15. The Morgan fingerprint density at radius 1 is 1.14 bits per heavy atom. The highest BCUT2D eigenvalue weighted by Crippen LogP contribution is 2.46. The van der Waals surface area contributed by atoms with Gasteiger partial charge in [0, 0.05) is 37.0 Å². The zero-order valence-electron chi connectivity index (χ0n) is 27.7. The molecule has 4 fully saturated rings. The number of oxazole rings is 1. The van der Waals surface area contributed by atoms with Crippen molar-refractivity contribution in [3.05, 3.63) is 47.8 Å². The van der Waals surface area contributed by atoms with Crippen LogP contribution in [0.5, 0.6) is 5.75 Å². The molecule has 3 bridgehead atoms. The summed E-state index contributed by atoms with van der Waals surface area (Å²) < 4.78 is 72.3. The molecule has 3 N–H and O–H groups in total. The lowest BCUT2D eigenvalue weighted by atomic mass is 9.78. The highest BCUT2D eigenvalue weighted by molar-refractivity contribution is 7.89. The SMILES string of the molecule is COc1cc(CC(NC(=O)OC2C3COC4OC2CC4C3)C(O)CN(CC(C)C)S(=O)(=O)c2ccc3nc(NC4CC4)oc3c2)ccc1F. The number of nitrogens with zero attached hydrogens (tertiary/aromatic N) is 2. The van der Waals surface area contributed by atoms with Gasteiger partial charge in [0.2, 0.25) is 10.0 Å². The number of anilines is 1. The number of amides is 1. The van der Waals surface area contributed by atoms with E-state index < -0.39 is 40.2 Å². The molecule has 2 saturated carbocycles. The summed E-state index contributed by atoms with van der Waals surface area (Å²) in [4.78, 5) is 17.8. The lowest BCUT2D eigenvalue weighted by molar-refractivity contribution is -0.153. The highest BCUT2D eigenvalue weighted by atomic mass is 32.2. The number of hydrogen-bond donors (Lipinski definition) is 3. The van der Waals surface area contributed by atoms with Crippen LogP contribution in [0, 0.1) is 23.6 Å². The van der Waals surface area contributed by atoms with E-state index in [0.29, 0.717) is 35.3 Å². The quantitative estimate of drug-likeness (QED) is 0.222. The molecular formula is C34H43FN4O9S. The molecule has 7 unspecified atom stereocenters. The number of sulfonamides is 1. The fraction of sp³-hybridized carbons (Fsp3) is 0.588. The second kappa shape index (κ2) is 13.7. The van der Waals surface area contributed by atoms with Crippen LogP contribution in [0.3, 0.4) is 0 Å². The smallest absolute Gasteiger partial charge is 0.407 e. The third kappa shape index (κ3) is 7.36. The van der Waals surface area contributed by atoms with Crippen LogP contribution in [0.2, 0.25) is 0 Å². The molecule has 2 aromatic carbocycles. The predicted octanol–water partition coefficient (Wildman–Crippen LogP) is 4.04. The molecule has 3 aromatic rings. The van der Waals surface area contributed by atoms with Crippen molar-refractivity contribution in [2.24, 2.45) is 17.8 Å². The molecule has 49 heavy (non-hydrogen) atoms. The Labute approximate surface area is 284 Å². The fourth-order valence-electron chi connectivity index (χ4n) is 7.09. The van der Waals surface area contributed by atoms with Crippen LogP contribution in [0.1, 0.15) is 45.1 Å². The van der Waals surface area contributed by atoms with E-state index in [9.17, 15) is 22.7 Å². The number of rotatable bonds is 14. The summed E-state index contributed by atoms with van der Waals surface area (Å²) in [6, 6.07) is 8.37. The van der Waals surface area contributed by atoms with Crippen molar-refractivity contribution in [3.8, 4) is 5.75 Å². The summed E-state index contributed by atoms with van der Waals surface area (Å²) in [5.41, 5.74) is 1.39. The minimum Gasteiger partial charge on any atom is -0.494 e. The van der Waals surface area contributed by atoms with Gasteiger partial charge in [0.1, 0.15) is 11.6 Å². The zero-order valence-corrected chi connectivity index (χ0v) is 28.5. The molecule has 1 amide bonds. The van der Waals surface area contributed by atoms with Gasteiger partial charge in [-0.15, -0.1) is 0 Å². The molecule has 2 aliphatic heterocycles. The molecule has 3 heterocycles. The maximum atomic E-state index is 14.3. The van der Waals surface area contributed by atoms with Gasteiger partial charge in [0.15, 0.2) is 23.4 Å². The van der Waals surface area contributed by atoms with Crippen LogP contribution in [-0.4, -0.2) is 92.4 Å². The number of nitrogens with one attached hydrogen (secondary N) is 2. The number of hydrogen-bond acceptors (Lipinski definition) is 11. The van der Waals surface area contributed by atoms with E-state index in [-0.39, 0.29) is 60.3 Å². The molecule has 7 rings (SSSR count). The summed E-state index contributed by atoms with van der Waals surface area (Å²) >= 11 is 0. The van der Waals surface area contributed by atoms with Crippen molar-refractivity contribution in [1.29, 1.82) is 0 Å². The van der Waals surface area contributed by atoms with E-state index >= 15 is 0 Å². The third-order valence-corrected chi connectivity index (χ3v) is 11.5. The predicted molar refractivity (Wildman–Crippen MR) is 175 cm³/mol. The second-order valence-electron chi connectivity index (χ2n) is 14.0. The van der Waals surface area contributed by atoms with Gasteiger partial charge in [-0.2, -0.15) is 9.29 Å². The van der Waals surface area contributed by atoms with Gasteiger partial charge >= 0.3 is 6.09 Å². The second-order valence-corrected chi connectivity index (χ2v) is 15.9. The van der Waals surface area contributed by atoms with Crippen molar-refractivity contribution >= 4 is 33.2 Å². The molecule has 266 valence electrons. The minimum absolute atomic E-state index is 0.00144. The number of fused-ring (bicyclic) bond motifs is 3. The van der Waals surface area contributed by atoms with Crippen molar-refractivity contribution in [2.45, 2.75) is 87.5 Å². The topological polar surface area (TPSA) is 162 Å². The Morgan fingerprint density at radius 3 is 2.71 bits per heavy atom. The molecule has 2 saturated heterocycles. The van der Waals surface area contributed by atoms with Gasteiger partial charge in [0.25, 0.3) is 6.01 Å². The van der Waals surface area contributed by atoms with Crippen molar-refractivity contribution in [2.75, 3.05) is 32.1 Å². The normalized spacial score (nSPS) is 25.9. The Morgan fingerprint density at radius 2 is 1.96 bits per heavy atom. The standard InChI is InChI=1S/C34H43FN4O9S/c1-18(2)15-39(49(42,43)23-7-9-25-29(14-23)47-33(37-25)36-22-5-6-22)16-27(40)26(10-19-4-8-24(35)28(11-19)44-3)38-34(41)48-31-21-12-20-13-30(31)46-32(20)45-17-21/h4,7-9,11,14,18,20-22,26-27,30-32,40H,5-6,10,12-13,15-17H2,1-3H3,(H,36,37)(H,38,41). The van der Waals surface area contributed by atoms with Gasteiger partial charge in [-0.3, -0.25) is 0 Å². The number of aromatic nitrogens is 1. The van der Waals surface area contributed by atoms with Crippen LogP contribution in [0.25, 0.3) is 11.1 Å². The van der Waals surface area contributed by atoms with Crippen molar-refractivity contribution in [1.82, 2.24) is 14.6 Å². The zero-order chi connectivity index (χ0) is 34.4. The van der Waals surface area contributed by atoms with Gasteiger partial charge in [0.05, 0.1) is 36.9 Å².